The fourth-order valence-electron chi connectivity index (χ4n) is 3.40. The number of rotatable bonds is 7. The molecule has 1 fully saturated rings. The van der Waals surface area contributed by atoms with E-state index in [-0.39, 0.29) is 29.2 Å². The first-order valence-electron chi connectivity index (χ1n) is 9.53. The van der Waals surface area contributed by atoms with Crippen LogP contribution < -0.4 is 0 Å². The van der Waals surface area contributed by atoms with Gasteiger partial charge in [0, 0.05) is 13.1 Å². The Hall–Kier alpha value is -2.17. The largest absolute Gasteiger partial charge is 0.341 e. The standard InChI is InChI=1S/C20H22N4O3S3/c1-23(16-9-11-30(26,27)14-16)18(25)13-29-20-22-21-19(17-8-5-10-28-17)24(20)12-15-6-3-2-4-7-15/h2-8,10,16H,9,11-14H2,1H3/t16-/m0/s1. The second kappa shape index (κ2) is 8.91. The van der Waals surface area contributed by atoms with Gasteiger partial charge in [0.1, 0.15) is 0 Å². The molecule has 0 bridgehead atoms. The Labute approximate surface area is 184 Å². The summed E-state index contributed by atoms with van der Waals surface area (Å²) in [5.74, 6) is 1.06. The van der Waals surface area contributed by atoms with Crippen LogP contribution in [-0.4, -0.2) is 64.3 Å². The van der Waals surface area contributed by atoms with E-state index in [1.165, 1.54) is 11.8 Å². The fraction of sp³-hybridized carbons (Fsp3) is 0.350. The first-order chi connectivity index (χ1) is 14.4. The third kappa shape index (κ3) is 4.76. The number of carbonyl (C=O) groups is 1. The van der Waals surface area contributed by atoms with Crippen LogP contribution in [-0.2, 0) is 21.2 Å². The highest BCUT2D eigenvalue weighted by Gasteiger charge is 2.32. The quantitative estimate of drug-likeness (QED) is 0.502. The van der Waals surface area contributed by atoms with E-state index in [9.17, 15) is 13.2 Å². The predicted octanol–water partition coefficient (Wildman–Crippen LogP) is 2.79. The van der Waals surface area contributed by atoms with E-state index in [0.717, 1.165) is 16.3 Å². The lowest BCUT2D eigenvalue weighted by Crippen LogP contribution is -2.38. The van der Waals surface area contributed by atoms with E-state index < -0.39 is 9.84 Å². The maximum Gasteiger partial charge on any atom is 0.233 e. The number of nitrogens with zero attached hydrogens (tertiary/aromatic N) is 4. The van der Waals surface area contributed by atoms with Crippen LogP contribution in [0.2, 0.25) is 0 Å². The number of amides is 1. The van der Waals surface area contributed by atoms with Crippen molar-refractivity contribution in [3.8, 4) is 10.7 Å². The molecule has 158 valence electrons. The highest BCUT2D eigenvalue weighted by Crippen LogP contribution is 2.28. The van der Waals surface area contributed by atoms with Crippen molar-refractivity contribution >= 4 is 38.8 Å². The van der Waals surface area contributed by atoms with Crippen LogP contribution in [0, 0.1) is 0 Å². The monoisotopic (exact) mass is 462 g/mol. The number of carbonyl (C=O) groups excluding carboxylic acids is 1. The van der Waals surface area contributed by atoms with Gasteiger partial charge in [-0.1, -0.05) is 48.2 Å². The van der Waals surface area contributed by atoms with Gasteiger partial charge in [-0.3, -0.25) is 9.36 Å². The van der Waals surface area contributed by atoms with E-state index in [4.69, 9.17) is 0 Å². The summed E-state index contributed by atoms with van der Waals surface area (Å²) in [6.07, 6.45) is 0.502. The number of benzene rings is 1. The summed E-state index contributed by atoms with van der Waals surface area (Å²) in [7, 11) is -1.35. The Balaban J connectivity index is 1.50. The van der Waals surface area contributed by atoms with Gasteiger partial charge in [0.05, 0.1) is 28.7 Å². The Morgan fingerprint density at radius 1 is 1.23 bits per heavy atom. The Kier molecular flexibility index (Phi) is 6.26. The van der Waals surface area contributed by atoms with E-state index in [1.807, 2.05) is 52.4 Å². The van der Waals surface area contributed by atoms with Crippen molar-refractivity contribution in [1.82, 2.24) is 19.7 Å². The molecule has 1 aliphatic heterocycles. The zero-order chi connectivity index (χ0) is 21.1. The lowest BCUT2D eigenvalue weighted by Gasteiger charge is -2.23. The second-order valence-corrected chi connectivity index (χ2v) is 11.3. The smallest absolute Gasteiger partial charge is 0.233 e. The van der Waals surface area contributed by atoms with Crippen molar-refractivity contribution in [2.45, 2.75) is 24.2 Å². The molecule has 1 aromatic carbocycles. The average molecular weight is 463 g/mol. The van der Waals surface area contributed by atoms with Gasteiger partial charge >= 0.3 is 0 Å². The molecular formula is C20H22N4O3S3. The summed E-state index contributed by atoms with van der Waals surface area (Å²) in [5.41, 5.74) is 1.12. The first-order valence-corrected chi connectivity index (χ1v) is 13.2. The van der Waals surface area contributed by atoms with Crippen LogP contribution in [0.5, 0.6) is 0 Å². The van der Waals surface area contributed by atoms with Gasteiger partial charge in [0.2, 0.25) is 5.91 Å². The molecule has 2 aromatic heterocycles. The van der Waals surface area contributed by atoms with Gasteiger partial charge in [-0.2, -0.15) is 0 Å². The Morgan fingerprint density at radius 3 is 2.70 bits per heavy atom. The molecule has 1 amide bonds. The average Bonchev–Trinajstić information content (AvgIpc) is 3.46. The van der Waals surface area contributed by atoms with Crippen molar-refractivity contribution in [2.24, 2.45) is 0 Å². The normalized spacial score (nSPS) is 17.8. The van der Waals surface area contributed by atoms with E-state index >= 15 is 0 Å². The third-order valence-corrected chi connectivity index (χ3v) is 8.68. The highest BCUT2D eigenvalue weighted by molar-refractivity contribution is 7.99. The zero-order valence-corrected chi connectivity index (χ0v) is 18.9. The van der Waals surface area contributed by atoms with Crippen molar-refractivity contribution < 1.29 is 13.2 Å². The number of thiophene rings is 1. The van der Waals surface area contributed by atoms with Gasteiger partial charge in [-0.05, 0) is 23.4 Å². The molecule has 0 aliphatic carbocycles. The molecule has 0 unspecified atom stereocenters. The van der Waals surface area contributed by atoms with Crippen molar-refractivity contribution in [3.63, 3.8) is 0 Å². The summed E-state index contributed by atoms with van der Waals surface area (Å²) < 4.78 is 25.5. The highest BCUT2D eigenvalue weighted by atomic mass is 32.2. The van der Waals surface area contributed by atoms with Gasteiger partial charge < -0.3 is 4.90 Å². The van der Waals surface area contributed by atoms with Crippen LogP contribution in [0.3, 0.4) is 0 Å². The van der Waals surface area contributed by atoms with E-state index in [1.54, 1.807) is 23.3 Å². The number of aromatic nitrogens is 3. The summed E-state index contributed by atoms with van der Waals surface area (Å²) in [6.45, 7) is 0.605. The molecule has 7 nitrogen and oxygen atoms in total. The molecule has 4 rings (SSSR count). The lowest BCUT2D eigenvalue weighted by molar-refractivity contribution is -0.128. The summed E-state index contributed by atoms with van der Waals surface area (Å²) in [6, 6.07) is 13.8. The first kappa shape index (κ1) is 21.1. The molecule has 30 heavy (non-hydrogen) atoms. The van der Waals surface area contributed by atoms with Crippen LogP contribution in [0.15, 0.2) is 53.0 Å². The van der Waals surface area contributed by atoms with E-state index in [0.29, 0.717) is 18.1 Å². The summed E-state index contributed by atoms with van der Waals surface area (Å²) in [4.78, 5) is 15.3. The zero-order valence-electron chi connectivity index (χ0n) is 16.5. The SMILES string of the molecule is CN(C(=O)CSc1nnc(-c2cccs2)n1Cc1ccccc1)[C@H]1CCS(=O)(=O)C1. The molecule has 3 heterocycles. The minimum Gasteiger partial charge on any atom is -0.341 e. The number of hydrogen-bond donors (Lipinski definition) is 0. The molecule has 1 atom stereocenters. The van der Waals surface area contributed by atoms with Crippen LogP contribution in [0.4, 0.5) is 0 Å². The van der Waals surface area contributed by atoms with Gasteiger partial charge in [0.15, 0.2) is 20.8 Å². The Bertz CT molecular complexity index is 1110. The number of hydrogen-bond acceptors (Lipinski definition) is 7. The molecular weight excluding hydrogens is 440 g/mol. The van der Waals surface area contributed by atoms with Gasteiger partial charge in [-0.25, -0.2) is 8.42 Å². The number of thioether (sulfide) groups is 1. The minimum atomic E-state index is -3.03. The van der Waals surface area contributed by atoms with Gasteiger partial charge in [-0.15, -0.1) is 21.5 Å². The minimum absolute atomic E-state index is 0.0482. The van der Waals surface area contributed by atoms with Crippen molar-refractivity contribution in [1.29, 1.82) is 0 Å². The van der Waals surface area contributed by atoms with Crippen molar-refractivity contribution in [2.75, 3.05) is 24.3 Å². The van der Waals surface area contributed by atoms with E-state index in [2.05, 4.69) is 10.2 Å². The van der Waals surface area contributed by atoms with Crippen LogP contribution >= 0.6 is 23.1 Å². The topological polar surface area (TPSA) is 85.2 Å². The maximum absolute atomic E-state index is 12.7. The predicted molar refractivity (Wildman–Crippen MR) is 119 cm³/mol. The van der Waals surface area contributed by atoms with Crippen LogP contribution in [0.1, 0.15) is 12.0 Å². The Morgan fingerprint density at radius 2 is 2.03 bits per heavy atom. The third-order valence-electron chi connectivity index (χ3n) is 5.12. The summed E-state index contributed by atoms with van der Waals surface area (Å²) in [5, 5.41) is 11.4. The molecule has 0 saturated carbocycles. The fourth-order valence-corrected chi connectivity index (χ4v) is 6.76. The molecule has 1 saturated heterocycles. The molecule has 0 N–H and O–H groups in total. The number of sulfone groups is 1. The molecule has 0 spiro atoms. The maximum atomic E-state index is 12.7. The molecule has 1 aliphatic rings. The van der Waals surface area contributed by atoms with Crippen LogP contribution in [0.25, 0.3) is 10.7 Å². The lowest BCUT2D eigenvalue weighted by atomic mass is 10.2. The molecule has 0 radical (unpaired) electrons. The van der Waals surface area contributed by atoms with Gasteiger partial charge in [0.25, 0.3) is 0 Å². The molecule has 10 heteroatoms. The molecule has 3 aromatic rings. The van der Waals surface area contributed by atoms with Crippen molar-refractivity contribution in [3.05, 3.63) is 53.4 Å². The second-order valence-electron chi connectivity index (χ2n) is 7.21. The summed E-state index contributed by atoms with van der Waals surface area (Å²) >= 11 is 2.93.